The Morgan fingerprint density at radius 1 is 1.00 bits per heavy atom. The van der Waals surface area contributed by atoms with Crippen LogP contribution in [0.4, 0.5) is 17.2 Å². The lowest BCUT2D eigenvalue weighted by Gasteiger charge is -2.32. The van der Waals surface area contributed by atoms with Gasteiger partial charge in [-0.15, -0.1) is 0 Å². The standard InChI is InChI=1S/C21H24N4O/c1-26-20-8-3-2-6-19(20)24-18-7-4-5-17-16(18)9-12-23-21(17)25-13-10-15(22)11-14-25/h2-9,12,15,24H,10-11,13-14,22H2,1H3. The van der Waals surface area contributed by atoms with Gasteiger partial charge >= 0.3 is 0 Å². The summed E-state index contributed by atoms with van der Waals surface area (Å²) in [6.45, 7) is 1.91. The topological polar surface area (TPSA) is 63.4 Å². The van der Waals surface area contributed by atoms with E-state index in [-0.39, 0.29) is 0 Å². The number of methoxy groups -OCH3 is 1. The quantitative estimate of drug-likeness (QED) is 0.748. The van der Waals surface area contributed by atoms with E-state index in [1.165, 1.54) is 0 Å². The predicted molar refractivity (Wildman–Crippen MR) is 107 cm³/mol. The average molecular weight is 348 g/mol. The molecule has 4 rings (SSSR count). The fourth-order valence-corrected chi connectivity index (χ4v) is 3.56. The van der Waals surface area contributed by atoms with Crippen molar-refractivity contribution in [2.75, 3.05) is 30.4 Å². The lowest BCUT2D eigenvalue weighted by Crippen LogP contribution is -2.40. The Hall–Kier alpha value is -2.79. The molecule has 134 valence electrons. The van der Waals surface area contributed by atoms with Gasteiger partial charge in [0.25, 0.3) is 0 Å². The molecule has 1 aliphatic rings. The summed E-state index contributed by atoms with van der Waals surface area (Å²) in [5.74, 6) is 1.86. The molecule has 0 atom stereocenters. The van der Waals surface area contributed by atoms with E-state index in [9.17, 15) is 0 Å². The molecule has 1 aromatic heterocycles. The van der Waals surface area contributed by atoms with Crippen LogP contribution in [0.15, 0.2) is 54.7 Å². The van der Waals surface area contributed by atoms with E-state index in [0.717, 1.165) is 59.6 Å². The zero-order valence-electron chi connectivity index (χ0n) is 15.0. The van der Waals surface area contributed by atoms with Crippen LogP contribution >= 0.6 is 0 Å². The second kappa shape index (κ2) is 7.22. The molecule has 0 spiro atoms. The largest absolute Gasteiger partial charge is 0.495 e. The minimum atomic E-state index is 0.309. The average Bonchev–Trinajstić information content (AvgIpc) is 2.69. The molecule has 1 fully saturated rings. The third kappa shape index (κ3) is 3.18. The maximum absolute atomic E-state index is 6.06. The highest BCUT2D eigenvalue weighted by atomic mass is 16.5. The van der Waals surface area contributed by atoms with Gasteiger partial charge in [-0.25, -0.2) is 4.98 Å². The molecule has 3 aromatic rings. The Balaban J connectivity index is 1.72. The molecular formula is C21H24N4O. The summed E-state index contributed by atoms with van der Waals surface area (Å²) in [6.07, 6.45) is 3.91. The Bertz CT molecular complexity index is 903. The number of nitrogens with zero attached hydrogens (tertiary/aromatic N) is 2. The first kappa shape index (κ1) is 16.7. The van der Waals surface area contributed by atoms with Gasteiger partial charge < -0.3 is 20.7 Å². The summed E-state index contributed by atoms with van der Waals surface area (Å²) in [5, 5.41) is 5.82. The summed E-state index contributed by atoms with van der Waals surface area (Å²) >= 11 is 0. The van der Waals surface area contributed by atoms with Crippen LogP contribution in [0, 0.1) is 0 Å². The maximum Gasteiger partial charge on any atom is 0.142 e. The second-order valence-corrected chi connectivity index (χ2v) is 6.69. The number of rotatable bonds is 4. The minimum Gasteiger partial charge on any atom is -0.495 e. The van der Waals surface area contributed by atoms with Gasteiger partial charge in [0.1, 0.15) is 11.6 Å². The molecule has 5 nitrogen and oxygen atoms in total. The van der Waals surface area contributed by atoms with E-state index in [0.29, 0.717) is 6.04 Å². The number of pyridine rings is 1. The molecular weight excluding hydrogens is 324 g/mol. The fourth-order valence-electron chi connectivity index (χ4n) is 3.56. The van der Waals surface area contributed by atoms with Crippen LogP contribution in [0.5, 0.6) is 5.75 Å². The second-order valence-electron chi connectivity index (χ2n) is 6.69. The smallest absolute Gasteiger partial charge is 0.142 e. The van der Waals surface area contributed by atoms with Crippen molar-refractivity contribution in [3.63, 3.8) is 0 Å². The maximum atomic E-state index is 6.06. The molecule has 1 saturated heterocycles. The highest BCUT2D eigenvalue weighted by molar-refractivity contribution is 6.01. The van der Waals surface area contributed by atoms with Gasteiger partial charge in [0, 0.05) is 41.8 Å². The van der Waals surface area contributed by atoms with Gasteiger partial charge in [0.2, 0.25) is 0 Å². The molecule has 0 saturated carbocycles. The van der Waals surface area contributed by atoms with Crippen LogP contribution in [0.25, 0.3) is 10.8 Å². The van der Waals surface area contributed by atoms with E-state index in [2.05, 4.69) is 39.5 Å². The van der Waals surface area contributed by atoms with Gasteiger partial charge in [-0.05, 0) is 37.1 Å². The highest BCUT2D eigenvalue weighted by Crippen LogP contribution is 2.34. The van der Waals surface area contributed by atoms with Gasteiger partial charge in [0.05, 0.1) is 12.8 Å². The number of nitrogens with one attached hydrogen (secondary N) is 1. The molecule has 1 aliphatic heterocycles. The summed E-state index contributed by atoms with van der Waals surface area (Å²) in [7, 11) is 1.69. The summed E-state index contributed by atoms with van der Waals surface area (Å²) in [5.41, 5.74) is 8.05. The van der Waals surface area contributed by atoms with Crippen molar-refractivity contribution in [3.8, 4) is 5.75 Å². The fraction of sp³-hybridized carbons (Fsp3) is 0.286. The lowest BCUT2D eigenvalue weighted by molar-refractivity contribution is 0.417. The first-order valence-electron chi connectivity index (χ1n) is 9.04. The van der Waals surface area contributed by atoms with E-state index < -0.39 is 0 Å². The monoisotopic (exact) mass is 348 g/mol. The number of hydrogen-bond donors (Lipinski definition) is 2. The van der Waals surface area contributed by atoms with Crippen LogP contribution in [-0.4, -0.2) is 31.2 Å². The van der Waals surface area contributed by atoms with Crippen molar-refractivity contribution >= 4 is 28.0 Å². The van der Waals surface area contributed by atoms with Crippen molar-refractivity contribution in [1.82, 2.24) is 4.98 Å². The first-order valence-corrected chi connectivity index (χ1v) is 9.04. The predicted octanol–water partition coefficient (Wildman–Crippen LogP) is 3.91. The van der Waals surface area contributed by atoms with Crippen molar-refractivity contribution in [1.29, 1.82) is 0 Å². The van der Waals surface area contributed by atoms with Gasteiger partial charge in [0.15, 0.2) is 0 Å². The zero-order valence-corrected chi connectivity index (χ0v) is 15.0. The number of anilines is 3. The molecule has 2 heterocycles. The van der Waals surface area contributed by atoms with E-state index in [1.807, 2.05) is 30.5 Å². The van der Waals surface area contributed by atoms with E-state index in [1.54, 1.807) is 7.11 Å². The Morgan fingerprint density at radius 2 is 1.77 bits per heavy atom. The third-order valence-corrected chi connectivity index (χ3v) is 5.00. The first-order chi connectivity index (χ1) is 12.8. The molecule has 0 amide bonds. The number of ether oxygens (including phenoxy) is 1. The van der Waals surface area contributed by atoms with Gasteiger partial charge in [-0.2, -0.15) is 0 Å². The molecule has 0 aliphatic carbocycles. The normalized spacial score (nSPS) is 15.2. The van der Waals surface area contributed by atoms with Crippen molar-refractivity contribution in [2.45, 2.75) is 18.9 Å². The summed E-state index contributed by atoms with van der Waals surface area (Å²) < 4.78 is 5.46. The number of para-hydroxylation sites is 2. The van der Waals surface area contributed by atoms with E-state index >= 15 is 0 Å². The van der Waals surface area contributed by atoms with Crippen LogP contribution in [-0.2, 0) is 0 Å². The number of aromatic nitrogens is 1. The third-order valence-electron chi connectivity index (χ3n) is 5.00. The molecule has 0 bridgehead atoms. The number of benzene rings is 2. The van der Waals surface area contributed by atoms with Crippen LogP contribution in [0.3, 0.4) is 0 Å². The van der Waals surface area contributed by atoms with Gasteiger partial charge in [-0.1, -0.05) is 24.3 Å². The number of nitrogens with two attached hydrogens (primary N) is 1. The Labute approximate surface area is 153 Å². The van der Waals surface area contributed by atoms with Crippen molar-refractivity contribution < 1.29 is 4.74 Å². The van der Waals surface area contributed by atoms with Crippen LogP contribution < -0.4 is 20.7 Å². The highest BCUT2D eigenvalue weighted by Gasteiger charge is 2.19. The number of fused-ring (bicyclic) bond motifs is 1. The SMILES string of the molecule is COc1ccccc1Nc1cccc2c(N3CCC(N)CC3)nccc12. The van der Waals surface area contributed by atoms with Crippen LogP contribution in [0.1, 0.15) is 12.8 Å². The number of piperidine rings is 1. The molecule has 2 aromatic carbocycles. The Morgan fingerprint density at radius 3 is 2.58 bits per heavy atom. The zero-order chi connectivity index (χ0) is 17.9. The van der Waals surface area contributed by atoms with E-state index in [4.69, 9.17) is 10.5 Å². The number of hydrogen-bond acceptors (Lipinski definition) is 5. The van der Waals surface area contributed by atoms with Crippen molar-refractivity contribution in [2.24, 2.45) is 5.73 Å². The summed E-state index contributed by atoms with van der Waals surface area (Å²) in [6, 6.07) is 16.6. The summed E-state index contributed by atoms with van der Waals surface area (Å²) in [4.78, 5) is 7.02. The molecule has 5 heteroatoms. The molecule has 26 heavy (non-hydrogen) atoms. The molecule has 0 unspecified atom stereocenters. The molecule has 3 N–H and O–H groups in total. The lowest BCUT2D eigenvalue weighted by atomic mass is 10.0. The molecule has 0 radical (unpaired) electrons. The van der Waals surface area contributed by atoms with Gasteiger partial charge in [-0.3, -0.25) is 0 Å². The minimum absolute atomic E-state index is 0.309. The Kier molecular flexibility index (Phi) is 4.63. The van der Waals surface area contributed by atoms with Crippen molar-refractivity contribution in [3.05, 3.63) is 54.7 Å². The van der Waals surface area contributed by atoms with Crippen LogP contribution in [0.2, 0.25) is 0 Å².